The van der Waals surface area contributed by atoms with Crippen LogP contribution in [-0.2, 0) is 9.47 Å². The van der Waals surface area contributed by atoms with Crippen molar-refractivity contribution in [3.8, 4) is 0 Å². The van der Waals surface area contributed by atoms with Gasteiger partial charge in [0.1, 0.15) is 0 Å². The van der Waals surface area contributed by atoms with Crippen LogP contribution in [0.4, 0.5) is 0 Å². The minimum atomic E-state index is -0.190. The van der Waals surface area contributed by atoms with Gasteiger partial charge >= 0.3 is 0 Å². The molecule has 6 nitrogen and oxygen atoms in total. The maximum absolute atomic E-state index is 12.4. The Bertz CT molecular complexity index is 596. The van der Waals surface area contributed by atoms with Crippen molar-refractivity contribution in [3.05, 3.63) is 35.4 Å². The predicted octanol–water partition coefficient (Wildman–Crippen LogP) is 2.48. The van der Waals surface area contributed by atoms with E-state index in [0.29, 0.717) is 30.7 Å². The summed E-state index contributed by atoms with van der Waals surface area (Å²) in [4.78, 5) is 19.3. The number of hydrogen-bond acceptors (Lipinski definition) is 5. The number of aryl methyl sites for hydroxylation is 1. The highest BCUT2D eigenvalue weighted by Gasteiger charge is 2.12. The number of hydrogen-bond donors (Lipinski definition) is 1. The lowest BCUT2D eigenvalue weighted by atomic mass is 10.1. The molecule has 0 atom stereocenters. The summed E-state index contributed by atoms with van der Waals surface area (Å²) in [6, 6.07) is 7.80. The molecule has 144 valence electrons. The van der Waals surface area contributed by atoms with E-state index in [1.54, 1.807) is 6.07 Å². The first-order chi connectivity index (χ1) is 12.5. The minimum absolute atomic E-state index is 0.190. The molecule has 0 aliphatic carbocycles. The molecule has 6 heteroatoms. The van der Waals surface area contributed by atoms with Crippen LogP contribution >= 0.6 is 0 Å². The van der Waals surface area contributed by atoms with Crippen LogP contribution in [0.3, 0.4) is 0 Å². The van der Waals surface area contributed by atoms with Crippen LogP contribution in [0.15, 0.2) is 29.3 Å². The van der Waals surface area contributed by atoms with Gasteiger partial charge in [-0.25, -0.2) is 4.99 Å². The Morgan fingerprint density at radius 2 is 2.12 bits per heavy atom. The van der Waals surface area contributed by atoms with E-state index in [9.17, 15) is 4.79 Å². The number of amidine groups is 1. The molecule has 0 aromatic heterocycles. The van der Waals surface area contributed by atoms with Crippen molar-refractivity contribution >= 4 is 11.9 Å². The lowest BCUT2D eigenvalue weighted by Gasteiger charge is -2.26. The largest absolute Gasteiger partial charge is 0.465 e. The number of carbonyl (C=O) groups excluding carboxylic acids is 1. The van der Waals surface area contributed by atoms with Gasteiger partial charge in [0.15, 0.2) is 0 Å². The SMILES string of the molecule is Cc1cccc(C(=O)NC(=NCCCN2CCOCC2)OCC(C)C)c1. The fourth-order valence-corrected chi connectivity index (χ4v) is 2.62. The lowest BCUT2D eigenvalue weighted by molar-refractivity contribution is 0.0377. The van der Waals surface area contributed by atoms with Gasteiger partial charge in [-0.3, -0.25) is 15.0 Å². The molecule has 1 heterocycles. The summed E-state index contributed by atoms with van der Waals surface area (Å²) in [5.74, 6) is 0.175. The molecule has 0 spiro atoms. The van der Waals surface area contributed by atoms with E-state index in [0.717, 1.165) is 44.8 Å². The summed E-state index contributed by atoms with van der Waals surface area (Å²) in [5, 5.41) is 2.81. The van der Waals surface area contributed by atoms with Gasteiger partial charge in [-0.15, -0.1) is 0 Å². The quantitative estimate of drug-likeness (QED) is 0.460. The molecule has 1 fully saturated rings. The third kappa shape index (κ3) is 7.54. The molecule has 1 N–H and O–H groups in total. The maximum atomic E-state index is 12.4. The van der Waals surface area contributed by atoms with Crippen molar-refractivity contribution in [1.82, 2.24) is 10.2 Å². The van der Waals surface area contributed by atoms with E-state index in [-0.39, 0.29) is 5.91 Å². The summed E-state index contributed by atoms with van der Waals surface area (Å²) in [6.07, 6.45) is 0.925. The minimum Gasteiger partial charge on any atom is -0.465 e. The average Bonchev–Trinajstić information content (AvgIpc) is 2.63. The van der Waals surface area contributed by atoms with Crippen molar-refractivity contribution in [2.24, 2.45) is 10.9 Å². The van der Waals surface area contributed by atoms with Crippen LogP contribution in [0.5, 0.6) is 0 Å². The summed E-state index contributed by atoms with van der Waals surface area (Å²) in [7, 11) is 0. The number of rotatable bonds is 7. The molecule has 0 saturated carbocycles. The first-order valence-corrected chi connectivity index (χ1v) is 9.40. The molecule has 1 amide bonds. The second-order valence-corrected chi connectivity index (χ2v) is 7.02. The maximum Gasteiger partial charge on any atom is 0.291 e. The van der Waals surface area contributed by atoms with Crippen LogP contribution in [0.25, 0.3) is 0 Å². The Morgan fingerprint density at radius 3 is 2.81 bits per heavy atom. The number of ether oxygens (including phenoxy) is 2. The normalized spacial score (nSPS) is 15.9. The van der Waals surface area contributed by atoms with Crippen LogP contribution in [-0.4, -0.2) is 62.8 Å². The van der Waals surface area contributed by atoms with E-state index >= 15 is 0 Å². The standard InChI is InChI=1S/C20H31N3O3/c1-16(2)15-26-20(21-8-5-9-23-10-12-25-13-11-23)22-19(24)18-7-4-6-17(3)14-18/h4,6-7,14,16H,5,8-13,15H2,1-3H3,(H,21,22,24). The molecular formula is C20H31N3O3. The third-order valence-electron chi connectivity index (χ3n) is 4.05. The van der Waals surface area contributed by atoms with E-state index in [2.05, 4.69) is 29.1 Å². The zero-order valence-corrected chi connectivity index (χ0v) is 16.2. The lowest BCUT2D eigenvalue weighted by Crippen LogP contribution is -2.37. The highest BCUT2D eigenvalue weighted by molar-refractivity contribution is 6.04. The third-order valence-corrected chi connectivity index (χ3v) is 4.05. The van der Waals surface area contributed by atoms with Gasteiger partial charge in [0.25, 0.3) is 11.9 Å². The zero-order chi connectivity index (χ0) is 18.8. The molecule has 0 radical (unpaired) electrons. The van der Waals surface area contributed by atoms with Crippen LogP contribution in [0.1, 0.15) is 36.2 Å². The second kappa shape index (κ2) is 10.9. The smallest absolute Gasteiger partial charge is 0.291 e. The molecule has 1 aliphatic heterocycles. The highest BCUT2D eigenvalue weighted by atomic mass is 16.5. The Kier molecular flexibility index (Phi) is 8.58. The molecule has 1 aromatic carbocycles. The Balaban J connectivity index is 1.87. The predicted molar refractivity (Wildman–Crippen MR) is 104 cm³/mol. The number of nitrogens with zero attached hydrogens (tertiary/aromatic N) is 2. The Morgan fingerprint density at radius 1 is 1.35 bits per heavy atom. The van der Waals surface area contributed by atoms with Gasteiger partial charge in [-0.1, -0.05) is 31.5 Å². The van der Waals surface area contributed by atoms with Gasteiger partial charge in [0.2, 0.25) is 0 Å². The van der Waals surface area contributed by atoms with Crippen LogP contribution in [0, 0.1) is 12.8 Å². The molecule has 26 heavy (non-hydrogen) atoms. The Hall–Kier alpha value is -1.92. The first kappa shape index (κ1) is 20.4. The van der Waals surface area contributed by atoms with Crippen molar-refractivity contribution in [2.45, 2.75) is 27.2 Å². The Labute approximate surface area is 156 Å². The number of aliphatic imine (C=N–C) groups is 1. The summed E-state index contributed by atoms with van der Waals surface area (Å²) in [6.45, 7) is 11.8. The summed E-state index contributed by atoms with van der Waals surface area (Å²) < 4.78 is 11.1. The highest BCUT2D eigenvalue weighted by Crippen LogP contribution is 2.04. The molecule has 0 bridgehead atoms. The van der Waals surface area contributed by atoms with Crippen molar-refractivity contribution in [1.29, 1.82) is 0 Å². The molecule has 2 rings (SSSR count). The average molecular weight is 361 g/mol. The zero-order valence-electron chi connectivity index (χ0n) is 16.2. The molecule has 1 saturated heterocycles. The van der Waals surface area contributed by atoms with Crippen molar-refractivity contribution < 1.29 is 14.3 Å². The molecule has 0 unspecified atom stereocenters. The van der Waals surface area contributed by atoms with E-state index in [1.807, 2.05) is 25.1 Å². The summed E-state index contributed by atoms with van der Waals surface area (Å²) >= 11 is 0. The van der Waals surface area contributed by atoms with Crippen molar-refractivity contribution in [2.75, 3.05) is 46.0 Å². The number of morpholine rings is 1. The number of amides is 1. The fraction of sp³-hybridized carbons (Fsp3) is 0.600. The molecular weight excluding hydrogens is 330 g/mol. The van der Waals surface area contributed by atoms with E-state index in [4.69, 9.17) is 9.47 Å². The van der Waals surface area contributed by atoms with Gasteiger partial charge in [-0.05, 0) is 31.4 Å². The second-order valence-electron chi connectivity index (χ2n) is 7.02. The molecule has 1 aromatic rings. The topological polar surface area (TPSA) is 63.2 Å². The van der Waals surface area contributed by atoms with Gasteiger partial charge in [0, 0.05) is 31.7 Å². The number of carbonyl (C=O) groups is 1. The number of benzene rings is 1. The van der Waals surface area contributed by atoms with Gasteiger partial charge < -0.3 is 9.47 Å². The first-order valence-electron chi connectivity index (χ1n) is 9.40. The fourth-order valence-electron chi connectivity index (χ4n) is 2.62. The van der Waals surface area contributed by atoms with Crippen LogP contribution < -0.4 is 5.32 Å². The van der Waals surface area contributed by atoms with Crippen LogP contribution in [0.2, 0.25) is 0 Å². The van der Waals surface area contributed by atoms with E-state index in [1.165, 1.54) is 0 Å². The number of nitrogens with one attached hydrogen (secondary N) is 1. The van der Waals surface area contributed by atoms with Gasteiger partial charge in [-0.2, -0.15) is 0 Å². The van der Waals surface area contributed by atoms with E-state index < -0.39 is 0 Å². The molecule has 1 aliphatic rings. The monoisotopic (exact) mass is 361 g/mol. The summed E-state index contributed by atoms with van der Waals surface area (Å²) in [5.41, 5.74) is 1.66. The van der Waals surface area contributed by atoms with Crippen molar-refractivity contribution in [3.63, 3.8) is 0 Å². The van der Waals surface area contributed by atoms with Gasteiger partial charge in [0.05, 0.1) is 19.8 Å².